The van der Waals surface area contributed by atoms with Gasteiger partial charge in [-0.1, -0.05) is 6.07 Å². The van der Waals surface area contributed by atoms with E-state index in [2.05, 4.69) is 21.4 Å². The average Bonchev–Trinajstić information content (AvgIpc) is 3.16. The molecule has 5 heteroatoms. The van der Waals surface area contributed by atoms with E-state index in [-0.39, 0.29) is 0 Å². The third kappa shape index (κ3) is 3.99. The van der Waals surface area contributed by atoms with Gasteiger partial charge in [0, 0.05) is 54.7 Å². The molecule has 0 amide bonds. The zero-order chi connectivity index (χ0) is 18.5. The van der Waals surface area contributed by atoms with Gasteiger partial charge in [-0.2, -0.15) is 0 Å². The second kappa shape index (κ2) is 8.01. The number of hydrogen-bond donors (Lipinski definition) is 1. The molecule has 0 aliphatic heterocycles. The number of fused-ring (bicyclic) bond motifs is 1. The molecule has 0 saturated heterocycles. The molecule has 136 valence electrons. The van der Waals surface area contributed by atoms with E-state index in [4.69, 9.17) is 9.15 Å². The van der Waals surface area contributed by atoms with Crippen LogP contribution in [0.3, 0.4) is 0 Å². The molecule has 5 nitrogen and oxygen atoms in total. The van der Waals surface area contributed by atoms with Crippen molar-refractivity contribution in [2.75, 3.05) is 13.7 Å². The second-order valence-corrected chi connectivity index (χ2v) is 6.31. The van der Waals surface area contributed by atoms with Crippen molar-refractivity contribution >= 4 is 11.0 Å². The summed E-state index contributed by atoms with van der Waals surface area (Å²) in [6.45, 7) is 1.62. The SMILES string of the molecule is COc1cc(CNCCc2ccccn2)cc2cc(-c3ccncc3)oc12. The number of ether oxygens (including phenoxy) is 1. The van der Waals surface area contributed by atoms with E-state index in [9.17, 15) is 0 Å². The van der Waals surface area contributed by atoms with Crippen LogP contribution in [-0.2, 0) is 13.0 Å². The van der Waals surface area contributed by atoms with Gasteiger partial charge in [-0.15, -0.1) is 0 Å². The molecule has 0 atom stereocenters. The van der Waals surface area contributed by atoms with E-state index in [1.165, 1.54) is 0 Å². The Kier molecular flexibility index (Phi) is 5.12. The van der Waals surface area contributed by atoms with E-state index in [1.54, 1.807) is 19.5 Å². The smallest absolute Gasteiger partial charge is 0.176 e. The number of rotatable bonds is 7. The molecule has 1 aromatic carbocycles. The molecule has 0 unspecified atom stereocenters. The molecule has 1 N–H and O–H groups in total. The molecule has 4 aromatic rings. The predicted octanol–water partition coefficient (Wildman–Crippen LogP) is 4.23. The summed E-state index contributed by atoms with van der Waals surface area (Å²) >= 11 is 0. The van der Waals surface area contributed by atoms with Gasteiger partial charge < -0.3 is 14.5 Å². The maximum absolute atomic E-state index is 6.03. The summed E-state index contributed by atoms with van der Waals surface area (Å²) in [5.74, 6) is 1.56. The van der Waals surface area contributed by atoms with Gasteiger partial charge in [0.2, 0.25) is 0 Å². The minimum absolute atomic E-state index is 0.745. The summed E-state index contributed by atoms with van der Waals surface area (Å²) in [5, 5.41) is 4.50. The molecule has 0 fully saturated rings. The highest BCUT2D eigenvalue weighted by molar-refractivity contribution is 5.88. The zero-order valence-corrected chi connectivity index (χ0v) is 15.2. The number of pyridine rings is 2. The van der Waals surface area contributed by atoms with E-state index in [0.717, 1.165) is 58.8 Å². The maximum Gasteiger partial charge on any atom is 0.176 e. The van der Waals surface area contributed by atoms with Gasteiger partial charge in [-0.3, -0.25) is 9.97 Å². The summed E-state index contributed by atoms with van der Waals surface area (Å²) in [5.41, 5.74) is 4.01. The molecule has 0 radical (unpaired) electrons. The number of aromatic nitrogens is 2. The standard InChI is InChI=1S/C22H21N3O2/c1-26-21-13-16(15-24-11-7-19-4-2-3-8-25-19)12-18-14-20(27-22(18)21)17-5-9-23-10-6-17/h2-6,8-10,12-14,24H,7,11,15H2,1H3. The van der Waals surface area contributed by atoms with E-state index in [0.29, 0.717) is 0 Å². The van der Waals surface area contributed by atoms with Crippen molar-refractivity contribution in [3.05, 3.63) is 78.4 Å². The largest absolute Gasteiger partial charge is 0.493 e. The highest BCUT2D eigenvalue weighted by Crippen LogP contribution is 2.34. The molecule has 27 heavy (non-hydrogen) atoms. The summed E-state index contributed by atoms with van der Waals surface area (Å²) in [6.07, 6.45) is 6.25. The van der Waals surface area contributed by atoms with Crippen LogP contribution < -0.4 is 10.1 Å². The topological polar surface area (TPSA) is 60.2 Å². The third-order valence-corrected chi connectivity index (χ3v) is 4.44. The Hall–Kier alpha value is -3.18. The first kappa shape index (κ1) is 17.2. The Morgan fingerprint density at radius 3 is 2.70 bits per heavy atom. The van der Waals surface area contributed by atoms with Crippen molar-refractivity contribution in [2.45, 2.75) is 13.0 Å². The Balaban J connectivity index is 1.50. The molecule has 4 rings (SSSR count). The van der Waals surface area contributed by atoms with Gasteiger partial charge >= 0.3 is 0 Å². The maximum atomic E-state index is 6.03. The number of nitrogens with zero attached hydrogens (tertiary/aromatic N) is 2. The highest BCUT2D eigenvalue weighted by Gasteiger charge is 2.12. The van der Waals surface area contributed by atoms with Crippen LogP contribution in [-0.4, -0.2) is 23.6 Å². The minimum atomic E-state index is 0.745. The minimum Gasteiger partial charge on any atom is -0.493 e. The lowest BCUT2D eigenvalue weighted by atomic mass is 10.1. The van der Waals surface area contributed by atoms with E-state index >= 15 is 0 Å². The normalized spacial score (nSPS) is 11.0. The van der Waals surface area contributed by atoms with Crippen molar-refractivity contribution < 1.29 is 9.15 Å². The van der Waals surface area contributed by atoms with Gasteiger partial charge in [0.05, 0.1) is 7.11 Å². The lowest BCUT2D eigenvalue weighted by Gasteiger charge is -2.07. The van der Waals surface area contributed by atoms with Crippen LogP contribution in [0.5, 0.6) is 5.75 Å². The summed E-state index contributed by atoms with van der Waals surface area (Å²) in [4.78, 5) is 8.40. The number of methoxy groups -OCH3 is 1. The Bertz CT molecular complexity index is 1010. The van der Waals surface area contributed by atoms with Crippen LogP contribution in [0.2, 0.25) is 0 Å². The fourth-order valence-corrected chi connectivity index (χ4v) is 3.09. The summed E-state index contributed by atoms with van der Waals surface area (Å²) in [6, 6.07) is 16.1. The van der Waals surface area contributed by atoms with Gasteiger partial charge in [-0.05, 0) is 48.0 Å². The van der Waals surface area contributed by atoms with E-state index < -0.39 is 0 Å². The lowest BCUT2D eigenvalue weighted by molar-refractivity contribution is 0.410. The van der Waals surface area contributed by atoms with Crippen molar-refractivity contribution in [3.8, 4) is 17.1 Å². The Morgan fingerprint density at radius 2 is 1.93 bits per heavy atom. The number of nitrogens with one attached hydrogen (secondary N) is 1. The van der Waals surface area contributed by atoms with Crippen LogP contribution in [0.1, 0.15) is 11.3 Å². The van der Waals surface area contributed by atoms with Crippen LogP contribution in [0.25, 0.3) is 22.3 Å². The Morgan fingerprint density at radius 1 is 1.04 bits per heavy atom. The lowest BCUT2D eigenvalue weighted by Crippen LogP contribution is -2.17. The van der Waals surface area contributed by atoms with Crippen LogP contribution in [0.15, 0.2) is 71.5 Å². The number of benzene rings is 1. The summed E-state index contributed by atoms with van der Waals surface area (Å²) < 4.78 is 11.6. The zero-order valence-electron chi connectivity index (χ0n) is 15.2. The summed E-state index contributed by atoms with van der Waals surface area (Å²) in [7, 11) is 1.67. The molecular weight excluding hydrogens is 338 g/mol. The predicted molar refractivity (Wildman–Crippen MR) is 106 cm³/mol. The molecule has 0 bridgehead atoms. The van der Waals surface area contributed by atoms with Gasteiger partial charge in [-0.25, -0.2) is 0 Å². The van der Waals surface area contributed by atoms with Crippen LogP contribution in [0.4, 0.5) is 0 Å². The number of hydrogen-bond acceptors (Lipinski definition) is 5. The third-order valence-electron chi connectivity index (χ3n) is 4.44. The number of furan rings is 1. The van der Waals surface area contributed by atoms with E-state index in [1.807, 2.05) is 48.7 Å². The molecule has 3 aromatic heterocycles. The van der Waals surface area contributed by atoms with Crippen molar-refractivity contribution in [3.63, 3.8) is 0 Å². The average molecular weight is 359 g/mol. The van der Waals surface area contributed by atoms with Crippen molar-refractivity contribution in [2.24, 2.45) is 0 Å². The molecular formula is C22H21N3O2. The molecule has 3 heterocycles. The monoisotopic (exact) mass is 359 g/mol. The Labute approximate surface area is 158 Å². The molecule has 0 aliphatic rings. The van der Waals surface area contributed by atoms with Crippen LogP contribution in [0, 0.1) is 0 Å². The first-order valence-corrected chi connectivity index (χ1v) is 8.95. The molecule has 0 spiro atoms. The fourth-order valence-electron chi connectivity index (χ4n) is 3.09. The second-order valence-electron chi connectivity index (χ2n) is 6.31. The van der Waals surface area contributed by atoms with Gasteiger partial charge in [0.15, 0.2) is 11.3 Å². The van der Waals surface area contributed by atoms with Gasteiger partial charge in [0.25, 0.3) is 0 Å². The molecule has 0 saturated carbocycles. The van der Waals surface area contributed by atoms with Crippen molar-refractivity contribution in [1.82, 2.24) is 15.3 Å². The van der Waals surface area contributed by atoms with Crippen molar-refractivity contribution in [1.29, 1.82) is 0 Å². The molecule has 0 aliphatic carbocycles. The van der Waals surface area contributed by atoms with Crippen LogP contribution >= 0.6 is 0 Å². The fraction of sp³-hybridized carbons (Fsp3) is 0.182. The highest BCUT2D eigenvalue weighted by atomic mass is 16.5. The quantitative estimate of drug-likeness (QED) is 0.500. The first-order valence-electron chi connectivity index (χ1n) is 8.95. The first-order chi connectivity index (χ1) is 13.3. The van der Waals surface area contributed by atoms with Gasteiger partial charge in [0.1, 0.15) is 5.76 Å².